The lowest BCUT2D eigenvalue weighted by molar-refractivity contribution is 0.0504. The van der Waals surface area contributed by atoms with Crippen molar-refractivity contribution in [3.05, 3.63) is 60.2 Å². The zero-order valence-corrected chi connectivity index (χ0v) is 17.4. The first kappa shape index (κ1) is 20.9. The number of rotatable bonds is 5. The zero-order chi connectivity index (χ0) is 20.9. The molecule has 0 bridgehead atoms. The van der Waals surface area contributed by atoms with Gasteiger partial charge in [0.25, 0.3) is 5.91 Å². The highest BCUT2D eigenvalue weighted by Crippen LogP contribution is 2.25. The molecule has 2 unspecified atom stereocenters. The van der Waals surface area contributed by atoms with E-state index in [4.69, 9.17) is 4.74 Å². The summed E-state index contributed by atoms with van der Waals surface area (Å²) >= 11 is 0. The normalized spacial score (nSPS) is 18.9. The van der Waals surface area contributed by atoms with Crippen LogP contribution in [0.25, 0.3) is 11.1 Å². The van der Waals surface area contributed by atoms with E-state index in [1.165, 1.54) is 0 Å². The van der Waals surface area contributed by atoms with E-state index in [-0.39, 0.29) is 18.0 Å². The average Bonchev–Trinajstić information content (AvgIpc) is 3.12. The number of alkyl carbamates (subject to hydrolysis) is 1. The molecule has 5 heteroatoms. The molecule has 2 aromatic carbocycles. The van der Waals surface area contributed by atoms with E-state index in [1.54, 1.807) is 0 Å². The Hall–Kier alpha value is -2.82. The van der Waals surface area contributed by atoms with Crippen molar-refractivity contribution in [3.63, 3.8) is 0 Å². The maximum Gasteiger partial charge on any atom is 0.407 e. The smallest absolute Gasteiger partial charge is 0.407 e. The highest BCUT2D eigenvalue weighted by atomic mass is 16.6. The topological polar surface area (TPSA) is 67.4 Å². The minimum Gasteiger partial charge on any atom is -0.444 e. The molecule has 1 saturated carbocycles. The Labute approximate surface area is 172 Å². The molecular formula is C24H30N2O3. The minimum absolute atomic E-state index is 0.0619. The Morgan fingerprint density at radius 3 is 2.28 bits per heavy atom. The molecule has 0 radical (unpaired) electrons. The Morgan fingerprint density at radius 1 is 0.966 bits per heavy atom. The molecule has 0 heterocycles. The van der Waals surface area contributed by atoms with E-state index in [1.807, 2.05) is 63.2 Å². The van der Waals surface area contributed by atoms with Crippen LogP contribution in [-0.4, -0.2) is 30.2 Å². The Kier molecular flexibility index (Phi) is 6.57. The molecule has 29 heavy (non-hydrogen) atoms. The van der Waals surface area contributed by atoms with Gasteiger partial charge in [0.05, 0.1) is 0 Å². The van der Waals surface area contributed by atoms with Crippen LogP contribution in [0.2, 0.25) is 0 Å². The first-order chi connectivity index (χ1) is 13.8. The molecule has 0 saturated heterocycles. The third-order valence-electron chi connectivity index (χ3n) is 5.07. The van der Waals surface area contributed by atoms with Crippen LogP contribution in [0.4, 0.5) is 4.79 Å². The summed E-state index contributed by atoms with van der Waals surface area (Å²) < 4.78 is 5.31. The molecule has 2 N–H and O–H groups in total. The molecule has 1 fully saturated rings. The van der Waals surface area contributed by atoms with E-state index in [0.29, 0.717) is 18.0 Å². The van der Waals surface area contributed by atoms with Crippen LogP contribution in [0.15, 0.2) is 54.6 Å². The van der Waals surface area contributed by atoms with Crippen LogP contribution in [0.3, 0.4) is 0 Å². The number of hydrogen-bond donors (Lipinski definition) is 2. The van der Waals surface area contributed by atoms with Crippen molar-refractivity contribution >= 4 is 12.0 Å². The van der Waals surface area contributed by atoms with Gasteiger partial charge in [-0.05, 0) is 69.2 Å². The molecule has 3 rings (SSSR count). The second-order valence-corrected chi connectivity index (χ2v) is 8.68. The van der Waals surface area contributed by atoms with Gasteiger partial charge in [0.1, 0.15) is 5.60 Å². The summed E-state index contributed by atoms with van der Waals surface area (Å²) in [6, 6.07) is 17.9. The summed E-state index contributed by atoms with van der Waals surface area (Å²) in [5.41, 5.74) is 2.39. The molecule has 2 atom stereocenters. The van der Waals surface area contributed by atoms with Gasteiger partial charge in [-0.25, -0.2) is 4.79 Å². The number of carbonyl (C=O) groups is 2. The number of benzene rings is 2. The number of carbonyl (C=O) groups excluding carboxylic acids is 2. The molecular weight excluding hydrogens is 364 g/mol. The molecule has 5 nitrogen and oxygen atoms in total. The summed E-state index contributed by atoms with van der Waals surface area (Å²) in [6.45, 7) is 6.18. The number of hydrogen-bond acceptors (Lipinski definition) is 3. The number of nitrogens with one attached hydrogen (secondary N) is 2. The van der Waals surface area contributed by atoms with Gasteiger partial charge >= 0.3 is 6.09 Å². The minimum atomic E-state index is -0.494. The van der Waals surface area contributed by atoms with Gasteiger partial charge in [0.15, 0.2) is 0 Å². The fourth-order valence-corrected chi connectivity index (χ4v) is 3.65. The maximum atomic E-state index is 12.5. The number of amides is 2. The largest absolute Gasteiger partial charge is 0.444 e. The molecule has 0 aliphatic heterocycles. The predicted octanol–water partition coefficient (Wildman–Crippen LogP) is 4.78. The SMILES string of the molecule is CC(C)(C)OC(=O)NC1CCC(CNC(=O)c2ccc(-c3ccccc3)cc2)C1. The van der Waals surface area contributed by atoms with Crippen LogP contribution < -0.4 is 10.6 Å². The zero-order valence-electron chi connectivity index (χ0n) is 17.4. The van der Waals surface area contributed by atoms with Gasteiger partial charge in [-0.1, -0.05) is 42.5 Å². The second-order valence-electron chi connectivity index (χ2n) is 8.68. The van der Waals surface area contributed by atoms with E-state index >= 15 is 0 Å². The van der Waals surface area contributed by atoms with Crippen molar-refractivity contribution in [3.8, 4) is 11.1 Å². The lowest BCUT2D eigenvalue weighted by Gasteiger charge is -2.21. The summed E-state index contributed by atoms with van der Waals surface area (Å²) in [5.74, 6) is 0.302. The maximum absolute atomic E-state index is 12.5. The lowest BCUT2D eigenvalue weighted by atomic mass is 10.0. The van der Waals surface area contributed by atoms with Gasteiger partial charge in [-0.2, -0.15) is 0 Å². The van der Waals surface area contributed by atoms with Gasteiger partial charge in [0, 0.05) is 18.2 Å². The van der Waals surface area contributed by atoms with Crippen molar-refractivity contribution < 1.29 is 14.3 Å². The van der Waals surface area contributed by atoms with Gasteiger partial charge in [0.2, 0.25) is 0 Å². The van der Waals surface area contributed by atoms with Crippen LogP contribution in [-0.2, 0) is 4.74 Å². The van der Waals surface area contributed by atoms with E-state index in [9.17, 15) is 9.59 Å². The molecule has 2 aromatic rings. The fraction of sp³-hybridized carbons (Fsp3) is 0.417. The Morgan fingerprint density at radius 2 is 1.62 bits per heavy atom. The number of ether oxygens (including phenoxy) is 1. The summed E-state index contributed by atoms with van der Waals surface area (Å²) in [4.78, 5) is 24.4. The molecule has 2 amide bonds. The van der Waals surface area contributed by atoms with Crippen LogP contribution in [0.5, 0.6) is 0 Å². The predicted molar refractivity (Wildman–Crippen MR) is 115 cm³/mol. The van der Waals surface area contributed by atoms with Gasteiger partial charge in [-0.3, -0.25) is 4.79 Å². The Balaban J connectivity index is 1.44. The van der Waals surface area contributed by atoms with E-state index < -0.39 is 5.60 Å². The van der Waals surface area contributed by atoms with Crippen LogP contribution >= 0.6 is 0 Å². The van der Waals surface area contributed by atoms with Crippen LogP contribution in [0.1, 0.15) is 50.4 Å². The summed E-state index contributed by atoms with van der Waals surface area (Å²) in [7, 11) is 0. The molecule has 1 aliphatic carbocycles. The highest BCUT2D eigenvalue weighted by Gasteiger charge is 2.27. The fourth-order valence-electron chi connectivity index (χ4n) is 3.65. The first-order valence-corrected chi connectivity index (χ1v) is 10.2. The molecule has 1 aliphatic rings. The Bertz CT molecular complexity index is 825. The van der Waals surface area contributed by atoms with Gasteiger partial charge < -0.3 is 15.4 Å². The molecule has 154 valence electrons. The second kappa shape index (κ2) is 9.12. The monoisotopic (exact) mass is 394 g/mol. The quantitative estimate of drug-likeness (QED) is 0.767. The third-order valence-corrected chi connectivity index (χ3v) is 5.07. The molecule has 0 aromatic heterocycles. The first-order valence-electron chi connectivity index (χ1n) is 10.2. The average molecular weight is 395 g/mol. The lowest BCUT2D eigenvalue weighted by Crippen LogP contribution is -2.38. The standard InChI is InChI=1S/C24H30N2O3/c1-24(2,3)29-23(28)26-21-14-9-17(15-21)16-25-22(27)20-12-10-19(11-13-20)18-7-5-4-6-8-18/h4-8,10-13,17,21H,9,14-16H2,1-3H3,(H,25,27)(H,26,28). The molecule has 0 spiro atoms. The van der Waals surface area contributed by atoms with E-state index in [2.05, 4.69) is 22.8 Å². The van der Waals surface area contributed by atoms with Crippen molar-refractivity contribution in [2.75, 3.05) is 6.54 Å². The third kappa shape index (κ3) is 6.34. The summed E-state index contributed by atoms with van der Waals surface area (Å²) in [6.07, 6.45) is 2.37. The van der Waals surface area contributed by atoms with E-state index in [0.717, 1.165) is 30.4 Å². The summed E-state index contributed by atoms with van der Waals surface area (Å²) in [5, 5.41) is 5.96. The van der Waals surface area contributed by atoms with Crippen LogP contribution in [0, 0.1) is 5.92 Å². The van der Waals surface area contributed by atoms with Crippen molar-refractivity contribution in [1.82, 2.24) is 10.6 Å². The van der Waals surface area contributed by atoms with Crippen molar-refractivity contribution in [2.45, 2.75) is 51.7 Å². The van der Waals surface area contributed by atoms with Crippen molar-refractivity contribution in [1.29, 1.82) is 0 Å². The highest BCUT2D eigenvalue weighted by molar-refractivity contribution is 5.94. The van der Waals surface area contributed by atoms with Crippen molar-refractivity contribution in [2.24, 2.45) is 5.92 Å². The van der Waals surface area contributed by atoms with Gasteiger partial charge in [-0.15, -0.1) is 0 Å².